The molecule has 1 aliphatic heterocycles. The van der Waals surface area contributed by atoms with Crippen LogP contribution in [0.2, 0.25) is 0 Å². The first kappa shape index (κ1) is 26.3. The van der Waals surface area contributed by atoms with Gasteiger partial charge in [0.15, 0.2) is 0 Å². The summed E-state index contributed by atoms with van der Waals surface area (Å²) in [5.41, 5.74) is 0.782. The highest BCUT2D eigenvalue weighted by Gasteiger charge is 2.37. The third-order valence-corrected chi connectivity index (χ3v) is 11.2. The van der Waals surface area contributed by atoms with E-state index < -0.39 is 29.8 Å². The van der Waals surface area contributed by atoms with E-state index in [-0.39, 0.29) is 12.5 Å². The molecule has 3 N–H and O–H groups in total. The molecule has 164 valence electrons. The van der Waals surface area contributed by atoms with Gasteiger partial charge in [0.05, 0.1) is 17.0 Å². The Hall–Kier alpha value is 0.0200. The van der Waals surface area contributed by atoms with Crippen LogP contribution in [0.1, 0.15) is 46.9 Å². The Bertz CT molecular complexity index is 878. The van der Waals surface area contributed by atoms with Crippen LogP contribution >= 0.6 is 90.4 Å². The van der Waals surface area contributed by atoms with Crippen molar-refractivity contribution in [2.75, 3.05) is 13.1 Å². The van der Waals surface area contributed by atoms with Crippen molar-refractivity contribution in [2.24, 2.45) is 5.92 Å². The van der Waals surface area contributed by atoms with Crippen LogP contribution in [0, 0.1) is 20.2 Å². The third-order valence-electron chi connectivity index (χ3n) is 4.85. The summed E-state index contributed by atoms with van der Waals surface area (Å²) in [6.07, 6.45) is 1.45. The first-order chi connectivity index (χ1) is 14.0. The number of likely N-dealkylation sites (tertiary alicyclic amines) is 1. The molecule has 1 fully saturated rings. The third kappa shape index (κ3) is 5.49. The zero-order chi connectivity index (χ0) is 22.7. The van der Waals surface area contributed by atoms with Crippen LogP contribution < -0.4 is 5.32 Å². The molecule has 0 radical (unpaired) electrons. The van der Waals surface area contributed by atoms with E-state index in [4.69, 9.17) is 0 Å². The average molecular weight is 866 g/mol. The van der Waals surface area contributed by atoms with Gasteiger partial charge < -0.3 is 20.4 Å². The smallest absolute Gasteiger partial charge is 0.326 e. The van der Waals surface area contributed by atoms with Crippen LogP contribution in [-0.2, 0) is 9.59 Å². The van der Waals surface area contributed by atoms with Gasteiger partial charge in [0.25, 0.3) is 11.8 Å². The Morgan fingerprint density at radius 1 is 1.03 bits per heavy atom. The number of rotatable bonds is 7. The fourth-order valence-electron chi connectivity index (χ4n) is 3.14. The first-order valence-electron chi connectivity index (χ1n) is 8.93. The molecular weight excluding hydrogens is 848 g/mol. The second kappa shape index (κ2) is 11.2. The second-order valence-corrected chi connectivity index (χ2v) is 11.0. The maximum Gasteiger partial charge on any atom is 0.326 e. The highest BCUT2D eigenvalue weighted by molar-refractivity contribution is 14.1. The SMILES string of the molecule is CCC(CNC(=O)c1c(I)c(I)c(C(=O)N2CCC[C@H]2C(=O)O)c(I)c1I)C(=O)O. The van der Waals surface area contributed by atoms with Gasteiger partial charge in [-0.25, -0.2) is 4.79 Å². The van der Waals surface area contributed by atoms with E-state index in [9.17, 15) is 29.4 Å². The normalized spacial score (nSPS) is 17.0. The van der Waals surface area contributed by atoms with Gasteiger partial charge in [-0.15, -0.1) is 0 Å². The molecule has 0 aromatic heterocycles. The van der Waals surface area contributed by atoms with Crippen LogP contribution in [0.4, 0.5) is 0 Å². The van der Waals surface area contributed by atoms with E-state index in [1.54, 1.807) is 6.92 Å². The van der Waals surface area contributed by atoms with E-state index in [2.05, 4.69) is 5.32 Å². The van der Waals surface area contributed by atoms with Crippen LogP contribution in [0.15, 0.2) is 0 Å². The molecule has 1 aliphatic rings. The lowest BCUT2D eigenvalue weighted by molar-refractivity contribution is -0.142. The predicted molar refractivity (Wildman–Crippen MR) is 143 cm³/mol. The maximum atomic E-state index is 13.2. The molecule has 1 saturated heterocycles. The summed E-state index contributed by atoms with van der Waals surface area (Å²) < 4.78 is 2.31. The molecule has 8 nitrogen and oxygen atoms in total. The van der Waals surface area contributed by atoms with E-state index in [0.29, 0.717) is 51.2 Å². The summed E-state index contributed by atoms with van der Waals surface area (Å²) >= 11 is 8.02. The highest BCUT2D eigenvalue weighted by atomic mass is 127. The van der Waals surface area contributed by atoms with E-state index >= 15 is 0 Å². The minimum Gasteiger partial charge on any atom is -0.481 e. The number of carboxylic acid groups (broad SMARTS) is 2. The van der Waals surface area contributed by atoms with Gasteiger partial charge in [-0.1, -0.05) is 6.92 Å². The summed E-state index contributed by atoms with van der Waals surface area (Å²) in [6.45, 7) is 2.14. The van der Waals surface area contributed by atoms with Crippen molar-refractivity contribution in [3.63, 3.8) is 0 Å². The number of carboxylic acids is 2. The van der Waals surface area contributed by atoms with Gasteiger partial charge >= 0.3 is 11.9 Å². The summed E-state index contributed by atoms with van der Waals surface area (Å²) in [6, 6.07) is -0.843. The quantitative estimate of drug-likeness (QED) is 0.285. The Kier molecular flexibility index (Phi) is 9.85. The zero-order valence-electron chi connectivity index (χ0n) is 15.7. The molecular formula is C18H18I4N2O6. The number of hydrogen-bond acceptors (Lipinski definition) is 4. The molecule has 1 aromatic rings. The minimum atomic E-state index is -1.02. The number of carbonyl (C=O) groups excluding carboxylic acids is 2. The second-order valence-electron chi connectivity index (χ2n) is 6.65. The fourth-order valence-corrected chi connectivity index (χ4v) is 7.28. The number of nitrogens with one attached hydrogen (secondary N) is 1. The summed E-state index contributed by atoms with van der Waals surface area (Å²) in [4.78, 5) is 50.1. The Balaban J connectivity index is 2.40. The van der Waals surface area contributed by atoms with E-state index in [0.717, 1.165) is 0 Å². The monoisotopic (exact) mass is 866 g/mol. The molecule has 2 atom stereocenters. The van der Waals surface area contributed by atoms with Crippen molar-refractivity contribution >= 4 is 114 Å². The molecule has 1 unspecified atom stereocenters. The van der Waals surface area contributed by atoms with Crippen molar-refractivity contribution in [1.82, 2.24) is 10.2 Å². The number of benzene rings is 1. The molecule has 1 aromatic carbocycles. The molecule has 0 bridgehead atoms. The van der Waals surface area contributed by atoms with Crippen LogP contribution in [0.5, 0.6) is 0 Å². The van der Waals surface area contributed by atoms with Crippen molar-refractivity contribution in [1.29, 1.82) is 0 Å². The lowest BCUT2D eigenvalue weighted by atomic mass is 10.1. The van der Waals surface area contributed by atoms with Gasteiger partial charge in [-0.05, 0) is 110 Å². The zero-order valence-corrected chi connectivity index (χ0v) is 24.3. The number of amides is 2. The Labute approximate surface area is 227 Å². The molecule has 1 heterocycles. The van der Waals surface area contributed by atoms with Gasteiger partial charge in [-0.3, -0.25) is 14.4 Å². The topological polar surface area (TPSA) is 124 Å². The number of halogens is 4. The molecule has 2 amide bonds. The van der Waals surface area contributed by atoms with Crippen LogP contribution in [0.25, 0.3) is 0 Å². The molecule has 30 heavy (non-hydrogen) atoms. The summed E-state index contributed by atoms with van der Waals surface area (Å²) in [5.74, 6) is -3.41. The molecule has 0 spiro atoms. The number of hydrogen-bond donors (Lipinski definition) is 3. The van der Waals surface area contributed by atoms with Gasteiger partial charge in [0, 0.05) is 27.4 Å². The lowest BCUT2D eigenvalue weighted by Crippen LogP contribution is -2.41. The van der Waals surface area contributed by atoms with Gasteiger partial charge in [-0.2, -0.15) is 0 Å². The van der Waals surface area contributed by atoms with Gasteiger partial charge in [0.1, 0.15) is 6.04 Å². The van der Waals surface area contributed by atoms with Crippen molar-refractivity contribution in [3.8, 4) is 0 Å². The number of carbonyl (C=O) groups is 4. The molecule has 12 heteroatoms. The maximum absolute atomic E-state index is 13.2. The van der Waals surface area contributed by atoms with Crippen molar-refractivity contribution in [3.05, 3.63) is 25.4 Å². The standard InChI is InChI=1S/C18H18I4N2O6/c1-2-7(17(27)28)6-23-15(25)9-11(19)13(21)10(14(22)12(9)20)16(26)24-5-3-4-8(24)18(29)30/h7-8H,2-6H2,1H3,(H,23,25)(H,27,28)(H,29,30)/t7?,8-/m0/s1. The summed E-state index contributed by atoms with van der Waals surface area (Å²) in [5, 5.41) is 21.3. The predicted octanol–water partition coefficient (Wildman–Crippen LogP) is 3.63. The van der Waals surface area contributed by atoms with E-state index in [1.165, 1.54) is 4.90 Å². The summed E-state index contributed by atoms with van der Waals surface area (Å²) in [7, 11) is 0. The average Bonchev–Trinajstić information content (AvgIpc) is 3.17. The minimum absolute atomic E-state index is 0.0126. The van der Waals surface area contributed by atoms with Crippen LogP contribution in [0.3, 0.4) is 0 Å². The van der Waals surface area contributed by atoms with Crippen LogP contribution in [-0.4, -0.2) is 58.0 Å². The first-order valence-corrected chi connectivity index (χ1v) is 13.2. The number of aliphatic carboxylic acids is 2. The number of nitrogens with zero attached hydrogens (tertiary/aromatic N) is 1. The fraction of sp³-hybridized carbons (Fsp3) is 0.444. The van der Waals surface area contributed by atoms with Gasteiger partial charge in [0.2, 0.25) is 0 Å². The van der Waals surface area contributed by atoms with E-state index in [1.807, 2.05) is 90.4 Å². The Morgan fingerprint density at radius 2 is 1.57 bits per heavy atom. The lowest BCUT2D eigenvalue weighted by Gasteiger charge is -2.24. The Morgan fingerprint density at radius 3 is 2.03 bits per heavy atom. The van der Waals surface area contributed by atoms with Crippen molar-refractivity contribution < 1.29 is 29.4 Å². The van der Waals surface area contributed by atoms with Crippen molar-refractivity contribution in [2.45, 2.75) is 32.2 Å². The molecule has 2 rings (SSSR count). The highest BCUT2D eigenvalue weighted by Crippen LogP contribution is 2.35. The largest absolute Gasteiger partial charge is 0.481 e. The molecule has 0 aliphatic carbocycles. The molecule has 0 saturated carbocycles.